The lowest BCUT2D eigenvalue weighted by molar-refractivity contribution is -0.129. The van der Waals surface area contributed by atoms with Crippen molar-refractivity contribution in [2.75, 3.05) is 0 Å². The van der Waals surface area contributed by atoms with Gasteiger partial charge in [0.2, 0.25) is 5.91 Å². The van der Waals surface area contributed by atoms with Gasteiger partial charge < -0.3 is 9.73 Å². The number of carbonyl (C=O) groups is 2. The smallest absolute Gasteiger partial charge is 0.262 e. The molecule has 0 unspecified atom stereocenters. The molecule has 0 saturated heterocycles. The van der Waals surface area contributed by atoms with Gasteiger partial charge in [-0.25, -0.2) is 5.43 Å². The van der Waals surface area contributed by atoms with Gasteiger partial charge >= 0.3 is 0 Å². The molecule has 2 rings (SSSR count). The van der Waals surface area contributed by atoms with Crippen LogP contribution in [0.15, 0.2) is 42.2 Å². The van der Waals surface area contributed by atoms with Crippen molar-refractivity contribution < 1.29 is 14.0 Å². The number of nitrogens with zero attached hydrogens (tertiary/aromatic N) is 1. The Morgan fingerprint density at radius 1 is 1.40 bits per heavy atom. The molecule has 2 amide bonds. The summed E-state index contributed by atoms with van der Waals surface area (Å²) in [6, 6.07) is 4.82. The zero-order valence-electron chi connectivity index (χ0n) is 13.6. The predicted octanol–water partition coefficient (Wildman–Crippen LogP) is 3.70. The predicted molar refractivity (Wildman–Crippen MR) is 105 cm³/mol. The van der Waals surface area contributed by atoms with Gasteiger partial charge in [0.25, 0.3) is 5.91 Å². The number of rotatable bonds is 7. The normalized spacial score (nSPS) is 12.5. The van der Waals surface area contributed by atoms with Gasteiger partial charge in [0.05, 0.1) is 17.1 Å². The Balaban J connectivity index is 1.91. The van der Waals surface area contributed by atoms with Crippen LogP contribution in [0, 0.1) is 5.92 Å². The Morgan fingerprint density at radius 2 is 2.16 bits per heavy atom. The molecule has 0 saturated carbocycles. The summed E-state index contributed by atoms with van der Waals surface area (Å²) in [6.45, 7) is 3.72. The quantitative estimate of drug-likeness (QED) is 0.458. The van der Waals surface area contributed by atoms with Gasteiger partial charge in [0.1, 0.15) is 11.8 Å². The van der Waals surface area contributed by atoms with Gasteiger partial charge in [-0.05, 0) is 49.2 Å². The summed E-state index contributed by atoms with van der Waals surface area (Å²) in [5.41, 5.74) is 2.43. The second-order valence-corrected chi connectivity index (χ2v) is 8.16. The molecule has 134 valence electrons. The SMILES string of the molecule is CC(C)[C@H](NC(=O)Cc1cccs1)C(=O)NN=Cc1cc(Br)c(Br)o1. The fourth-order valence-electron chi connectivity index (χ4n) is 1.99. The van der Waals surface area contributed by atoms with Crippen molar-refractivity contribution in [3.8, 4) is 0 Å². The number of furan rings is 1. The van der Waals surface area contributed by atoms with Crippen molar-refractivity contribution in [3.05, 3.63) is 43.4 Å². The average molecular weight is 491 g/mol. The van der Waals surface area contributed by atoms with Crippen LogP contribution < -0.4 is 10.7 Å². The largest absolute Gasteiger partial charge is 0.447 e. The maximum Gasteiger partial charge on any atom is 0.262 e. The van der Waals surface area contributed by atoms with E-state index in [1.54, 1.807) is 6.07 Å². The van der Waals surface area contributed by atoms with E-state index < -0.39 is 6.04 Å². The molecule has 9 heteroatoms. The Morgan fingerprint density at radius 3 is 2.72 bits per heavy atom. The Hall–Kier alpha value is -1.45. The molecule has 2 N–H and O–H groups in total. The third-order valence-electron chi connectivity index (χ3n) is 3.21. The van der Waals surface area contributed by atoms with E-state index in [4.69, 9.17) is 4.42 Å². The van der Waals surface area contributed by atoms with Crippen LogP contribution in [0.4, 0.5) is 0 Å². The third-order valence-corrected chi connectivity index (χ3v) is 5.80. The molecule has 0 aliphatic carbocycles. The summed E-state index contributed by atoms with van der Waals surface area (Å²) < 4.78 is 6.62. The van der Waals surface area contributed by atoms with Crippen molar-refractivity contribution in [2.45, 2.75) is 26.3 Å². The van der Waals surface area contributed by atoms with Crippen molar-refractivity contribution in [1.82, 2.24) is 10.7 Å². The van der Waals surface area contributed by atoms with Crippen LogP contribution in [0.1, 0.15) is 24.5 Å². The topological polar surface area (TPSA) is 83.7 Å². The monoisotopic (exact) mass is 489 g/mol. The minimum absolute atomic E-state index is 0.0746. The Bertz CT molecular complexity index is 737. The van der Waals surface area contributed by atoms with Crippen molar-refractivity contribution in [1.29, 1.82) is 0 Å². The van der Waals surface area contributed by atoms with Gasteiger partial charge in [-0.15, -0.1) is 11.3 Å². The van der Waals surface area contributed by atoms with E-state index >= 15 is 0 Å². The Kier molecular flexibility index (Phi) is 7.39. The first-order valence-electron chi connectivity index (χ1n) is 7.46. The van der Waals surface area contributed by atoms with Crippen molar-refractivity contribution in [2.24, 2.45) is 11.0 Å². The van der Waals surface area contributed by atoms with E-state index in [0.29, 0.717) is 10.4 Å². The van der Waals surface area contributed by atoms with Crippen LogP contribution in [0.3, 0.4) is 0 Å². The zero-order valence-corrected chi connectivity index (χ0v) is 17.6. The number of halogens is 2. The van der Waals surface area contributed by atoms with E-state index in [2.05, 4.69) is 47.7 Å². The molecule has 0 aromatic carbocycles. The highest BCUT2D eigenvalue weighted by atomic mass is 79.9. The van der Waals surface area contributed by atoms with Crippen LogP contribution in [0.2, 0.25) is 0 Å². The molecule has 0 radical (unpaired) electrons. The van der Waals surface area contributed by atoms with Crippen LogP contribution in [0.25, 0.3) is 0 Å². The molecule has 0 aliphatic rings. The van der Waals surface area contributed by atoms with E-state index in [-0.39, 0.29) is 24.2 Å². The van der Waals surface area contributed by atoms with Crippen LogP contribution in [-0.4, -0.2) is 24.1 Å². The summed E-state index contributed by atoms with van der Waals surface area (Å²) in [7, 11) is 0. The lowest BCUT2D eigenvalue weighted by Crippen LogP contribution is -2.49. The fraction of sp³-hybridized carbons (Fsp3) is 0.312. The lowest BCUT2D eigenvalue weighted by Gasteiger charge is -2.20. The first kappa shape index (κ1) is 19.9. The molecule has 1 atom stereocenters. The number of carbonyl (C=O) groups excluding carboxylic acids is 2. The number of hydrogen-bond donors (Lipinski definition) is 2. The molecular weight excluding hydrogens is 474 g/mol. The van der Waals surface area contributed by atoms with Crippen LogP contribution in [0.5, 0.6) is 0 Å². The average Bonchev–Trinajstić information content (AvgIpc) is 3.15. The maximum absolute atomic E-state index is 12.3. The van der Waals surface area contributed by atoms with Crippen LogP contribution in [-0.2, 0) is 16.0 Å². The summed E-state index contributed by atoms with van der Waals surface area (Å²) >= 11 is 8.02. The van der Waals surface area contributed by atoms with Crippen molar-refractivity contribution in [3.63, 3.8) is 0 Å². The number of hydrogen-bond acceptors (Lipinski definition) is 5. The fourth-order valence-corrected chi connectivity index (χ4v) is 3.30. The second-order valence-electron chi connectivity index (χ2n) is 5.55. The highest BCUT2D eigenvalue weighted by Gasteiger charge is 2.24. The molecule has 6 nitrogen and oxygen atoms in total. The van der Waals surface area contributed by atoms with E-state index in [9.17, 15) is 9.59 Å². The second kappa shape index (κ2) is 9.30. The summed E-state index contributed by atoms with van der Waals surface area (Å²) in [5, 5.41) is 8.54. The number of thiophene rings is 1. The number of amides is 2. The maximum atomic E-state index is 12.3. The van der Waals surface area contributed by atoms with Gasteiger partial charge in [-0.1, -0.05) is 19.9 Å². The van der Waals surface area contributed by atoms with E-state index in [0.717, 1.165) is 9.35 Å². The third kappa shape index (κ3) is 6.09. The number of hydrazone groups is 1. The lowest BCUT2D eigenvalue weighted by atomic mass is 10.0. The minimum Gasteiger partial charge on any atom is -0.447 e. The van der Waals surface area contributed by atoms with Gasteiger partial charge in [-0.2, -0.15) is 5.10 Å². The molecule has 2 aromatic heterocycles. The van der Waals surface area contributed by atoms with Gasteiger partial charge in [0.15, 0.2) is 4.67 Å². The molecule has 0 spiro atoms. The highest BCUT2D eigenvalue weighted by Crippen LogP contribution is 2.25. The Labute approximate surface area is 166 Å². The van der Waals surface area contributed by atoms with E-state index in [1.165, 1.54) is 17.6 Å². The molecule has 0 aliphatic heterocycles. The molecule has 25 heavy (non-hydrogen) atoms. The highest BCUT2D eigenvalue weighted by molar-refractivity contribution is 9.13. The molecule has 2 aromatic rings. The summed E-state index contributed by atoms with van der Waals surface area (Å²) in [4.78, 5) is 25.4. The van der Waals surface area contributed by atoms with E-state index in [1.807, 2.05) is 31.4 Å². The van der Waals surface area contributed by atoms with Crippen LogP contribution >= 0.6 is 43.2 Å². The minimum atomic E-state index is -0.667. The molecule has 2 heterocycles. The van der Waals surface area contributed by atoms with Gasteiger partial charge in [-0.3, -0.25) is 9.59 Å². The molecule has 0 fully saturated rings. The van der Waals surface area contributed by atoms with Gasteiger partial charge in [0, 0.05) is 10.9 Å². The van der Waals surface area contributed by atoms with Crippen molar-refractivity contribution >= 4 is 61.2 Å². The first-order valence-corrected chi connectivity index (χ1v) is 9.93. The standard InChI is InChI=1S/C16H17Br2N3O3S/c1-9(2)14(20-13(22)7-11-4-3-5-25-11)16(23)21-19-8-10-6-12(17)15(18)24-10/h3-6,8-9,14H,7H2,1-2H3,(H,20,22)(H,21,23)/t14-/m0/s1. The summed E-state index contributed by atoms with van der Waals surface area (Å²) in [5.74, 6) is -0.175. The number of nitrogens with one attached hydrogen (secondary N) is 2. The molecular formula is C16H17Br2N3O3S. The first-order chi connectivity index (χ1) is 11.9. The molecule has 0 bridgehead atoms. The zero-order chi connectivity index (χ0) is 18.4. The summed E-state index contributed by atoms with van der Waals surface area (Å²) in [6.07, 6.45) is 1.64.